The van der Waals surface area contributed by atoms with E-state index in [1.54, 1.807) is 12.2 Å². The van der Waals surface area contributed by atoms with Crippen molar-refractivity contribution in [3.63, 3.8) is 0 Å². The fourth-order valence-electron chi connectivity index (χ4n) is 1.69. The zero-order chi connectivity index (χ0) is 14.3. The van der Waals surface area contributed by atoms with E-state index in [4.69, 9.17) is 0 Å². The zero-order valence-corrected chi connectivity index (χ0v) is 12.7. The third kappa shape index (κ3) is 5.41. The van der Waals surface area contributed by atoms with Crippen LogP contribution in [-0.4, -0.2) is 30.4 Å². The predicted molar refractivity (Wildman–Crippen MR) is 84.3 cm³/mol. The fraction of sp³-hybridized carbons (Fsp3) is 0.267. The van der Waals surface area contributed by atoms with Crippen LogP contribution in [0.2, 0.25) is 0 Å². The highest BCUT2D eigenvalue weighted by Gasteiger charge is 2.08. The number of benzene rings is 1. The molecule has 0 unspecified atom stereocenters. The Bertz CT molecular complexity index is 461. The van der Waals surface area contributed by atoms with Gasteiger partial charge in [-0.1, -0.05) is 28.1 Å². The van der Waals surface area contributed by atoms with Crippen LogP contribution in [0.1, 0.15) is 5.56 Å². The Morgan fingerprint density at radius 1 is 1.37 bits per heavy atom. The van der Waals surface area contributed by atoms with Crippen molar-refractivity contribution < 1.29 is 4.79 Å². The topological polar surface area (TPSA) is 32.3 Å². The molecule has 0 bridgehead atoms. The van der Waals surface area contributed by atoms with Gasteiger partial charge in [0.1, 0.15) is 0 Å². The van der Waals surface area contributed by atoms with Crippen molar-refractivity contribution >= 4 is 27.5 Å². The van der Waals surface area contributed by atoms with Gasteiger partial charge in [-0.3, -0.25) is 9.69 Å². The number of carbonyl (C=O) groups excluding carboxylic acids is 1. The van der Waals surface area contributed by atoms with Crippen LogP contribution in [0.15, 0.2) is 48.0 Å². The number of nitrogens with one attached hydrogen (secondary N) is 1. The Morgan fingerprint density at radius 3 is 2.53 bits per heavy atom. The lowest BCUT2D eigenvalue weighted by Gasteiger charge is -2.18. The monoisotopic (exact) mass is 322 g/mol. The molecule has 102 valence electrons. The molecule has 0 spiro atoms. The van der Waals surface area contributed by atoms with E-state index in [1.807, 2.05) is 30.0 Å². The maximum atomic E-state index is 11.9. The summed E-state index contributed by atoms with van der Waals surface area (Å²) < 4.78 is 1.03. The van der Waals surface area contributed by atoms with Gasteiger partial charge in [0, 0.05) is 23.2 Å². The molecule has 0 radical (unpaired) electrons. The van der Waals surface area contributed by atoms with E-state index in [-0.39, 0.29) is 5.91 Å². The summed E-state index contributed by atoms with van der Waals surface area (Å²) in [5.41, 5.74) is 1.90. The summed E-state index contributed by atoms with van der Waals surface area (Å²) >= 11 is 3.43. The second kappa shape index (κ2) is 7.92. The van der Waals surface area contributed by atoms with Crippen LogP contribution in [0.4, 0.5) is 5.69 Å². The molecule has 1 amide bonds. The Morgan fingerprint density at radius 2 is 2.00 bits per heavy atom. The van der Waals surface area contributed by atoms with Crippen LogP contribution in [0, 0.1) is 6.92 Å². The molecule has 0 fully saturated rings. The van der Waals surface area contributed by atoms with Gasteiger partial charge in [-0.05, 0) is 30.7 Å². The van der Waals surface area contributed by atoms with E-state index < -0.39 is 0 Å². The Labute approximate surface area is 123 Å². The predicted octanol–water partition coefficient (Wildman–Crippen LogP) is 3.37. The van der Waals surface area contributed by atoms with Gasteiger partial charge in [0.05, 0.1) is 6.54 Å². The number of anilines is 1. The highest BCUT2D eigenvalue weighted by molar-refractivity contribution is 9.10. The average Bonchev–Trinajstić information content (AvgIpc) is 2.34. The molecule has 1 aromatic carbocycles. The van der Waals surface area contributed by atoms with Gasteiger partial charge in [0.25, 0.3) is 0 Å². The van der Waals surface area contributed by atoms with Crippen LogP contribution >= 0.6 is 15.9 Å². The summed E-state index contributed by atoms with van der Waals surface area (Å²) in [6.45, 7) is 11.0. The van der Waals surface area contributed by atoms with Gasteiger partial charge in [0.2, 0.25) is 5.91 Å². The summed E-state index contributed by atoms with van der Waals surface area (Å²) in [7, 11) is 0. The SMILES string of the molecule is C=CCN(CC=C)CC(=O)Nc1ccc(Br)c(C)c1. The lowest BCUT2D eigenvalue weighted by atomic mass is 10.2. The van der Waals surface area contributed by atoms with Gasteiger partial charge in [-0.25, -0.2) is 0 Å². The van der Waals surface area contributed by atoms with Crippen LogP contribution in [-0.2, 0) is 4.79 Å². The van der Waals surface area contributed by atoms with Crippen molar-refractivity contribution in [1.29, 1.82) is 0 Å². The first-order valence-electron chi connectivity index (χ1n) is 6.07. The molecule has 1 rings (SSSR count). The summed E-state index contributed by atoms with van der Waals surface area (Å²) in [6, 6.07) is 5.74. The van der Waals surface area contributed by atoms with Crippen molar-refractivity contribution in [2.75, 3.05) is 25.0 Å². The molecule has 0 aliphatic rings. The Hall–Kier alpha value is -1.39. The molecule has 0 saturated carbocycles. The van der Waals surface area contributed by atoms with E-state index in [2.05, 4.69) is 34.4 Å². The average molecular weight is 323 g/mol. The third-order valence-electron chi connectivity index (χ3n) is 2.58. The minimum absolute atomic E-state index is 0.0366. The molecular weight excluding hydrogens is 304 g/mol. The van der Waals surface area contributed by atoms with Gasteiger partial charge >= 0.3 is 0 Å². The second-order valence-electron chi connectivity index (χ2n) is 4.28. The number of carbonyl (C=O) groups is 1. The summed E-state index contributed by atoms with van der Waals surface area (Å²) in [6.07, 6.45) is 3.56. The molecule has 0 atom stereocenters. The summed E-state index contributed by atoms with van der Waals surface area (Å²) in [5.74, 6) is -0.0366. The number of aryl methyl sites for hydroxylation is 1. The zero-order valence-electron chi connectivity index (χ0n) is 11.2. The van der Waals surface area contributed by atoms with Crippen molar-refractivity contribution in [3.05, 3.63) is 53.5 Å². The van der Waals surface area contributed by atoms with E-state index >= 15 is 0 Å². The number of halogens is 1. The maximum absolute atomic E-state index is 11.9. The van der Waals surface area contributed by atoms with Gasteiger partial charge in [-0.15, -0.1) is 13.2 Å². The summed E-state index contributed by atoms with van der Waals surface area (Å²) in [5, 5.41) is 2.89. The first-order valence-corrected chi connectivity index (χ1v) is 6.86. The summed E-state index contributed by atoms with van der Waals surface area (Å²) in [4.78, 5) is 13.9. The van der Waals surface area contributed by atoms with Crippen molar-refractivity contribution in [2.24, 2.45) is 0 Å². The van der Waals surface area contributed by atoms with E-state index in [0.29, 0.717) is 19.6 Å². The highest BCUT2D eigenvalue weighted by Crippen LogP contribution is 2.19. The highest BCUT2D eigenvalue weighted by atomic mass is 79.9. The van der Waals surface area contributed by atoms with Crippen molar-refractivity contribution in [3.8, 4) is 0 Å². The lowest BCUT2D eigenvalue weighted by molar-refractivity contribution is -0.117. The lowest BCUT2D eigenvalue weighted by Crippen LogP contribution is -2.33. The molecule has 0 heterocycles. The first-order chi connectivity index (χ1) is 9.06. The van der Waals surface area contributed by atoms with E-state index in [1.165, 1.54) is 0 Å². The standard InChI is InChI=1S/C15H19BrN2O/c1-4-8-18(9-5-2)11-15(19)17-13-6-7-14(16)12(3)10-13/h4-7,10H,1-2,8-9,11H2,3H3,(H,17,19). The molecule has 1 N–H and O–H groups in total. The molecular formula is C15H19BrN2O. The van der Waals surface area contributed by atoms with Gasteiger partial charge in [0.15, 0.2) is 0 Å². The number of hydrogen-bond donors (Lipinski definition) is 1. The quantitative estimate of drug-likeness (QED) is 0.780. The van der Waals surface area contributed by atoms with Crippen molar-refractivity contribution in [1.82, 2.24) is 4.90 Å². The smallest absolute Gasteiger partial charge is 0.238 e. The van der Waals surface area contributed by atoms with E-state index in [0.717, 1.165) is 15.7 Å². The Kier molecular flexibility index (Phi) is 6.53. The minimum Gasteiger partial charge on any atom is -0.325 e. The molecule has 0 aromatic heterocycles. The number of rotatable bonds is 7. The maximum Gasteiger partial charge on any atom is 0.238 e. The van der Waals surface area contributed by atoms with Gasteiger partial charge in [-0.2, -0.15) is 0 Å². The van der Waals surface area contributed by atoms with Crippen LogP contribution in [0.5, 0.6) is 0 Å². The molecule has 1 aromatic rings. The first kappa shape index (κ1) is 15.7. The second-order valence-corrected chi connectivity index (χ2v) is 5.14. The number of amides is 1. The normalized spacial score (nSPS) is 10.3. The van der Waals surface area contributed by atoms with E-state index in [9.17, 15) is 4.79 Å². The number of hydrogen-bond acceptors (Lipinski definition) is 2. The largest absolute Gasteiger partial charge is 0.325 e. The van der Waals surface area contributed by atoms with Crippen molar-refractivity contribution in [2.45, 2.75) is 6.92 Å². The van der Waals surface area contributed by atoms with Crippen LogP contribution < -0.4 is 5.32 Å². The fourth-order valence-corrected chi connectivity index (χ4v) is 1.94. The number of nitrogens with zero attached hydrogens (tertiary/aromatic N) is 1. The van der Waals surface area contributed by atoms with Crippen LogP contribution in [0.3, 0.4) is 0 Å². The molecule has 0 aliphatic heterocycles. The molecule has 4 heteroatoms. The van der Waals surface area contributed by atoms with Crippen LogP contribution in [0.25, 0.3) is 0 Å². The molecule has 19 heavy (non-hydrogen) atoms. The third-order valence-corrected chi connectivity index (χ3v) is 3.47. The Balaban J connectivity index is 2.60. The molecule has 0 aliphatic carbocycles. The van der Waals surface area contributed by atoms with Gasteiger partial charge < -0.3 is 5.32 Å². The molecule has 0 saturated heterocycles. The molecule has 3 nitrogen and oxygen atoms in total. The minimum atomic E-state index is -0.0366.